The van der Waals surface area contributed by atoms with Gasteiger partial charge in [0.15, 0.2) is 0 Å². The van der Waals surface area contributed by atoms with Crippen LogP contribution >= 0.6 is 11.3 Å². The van der Waals surface area contributed by atoms with Gasteiger partial charge in [0, 0.05) is 40.8 Å². The van der Waals surface area contributed by atoms with Gasteiger partial charge in [-0.15, -0.1) is 11.3 Å². The van der Waals surface area contributed by atoms with Gasteiger partial charge in [-0.25, -0.2) is 0 Å². The molecule has 2 unspecified atom stereocenters. The Labute approximate surface area is 184 Å². The van der Waals surface area contributed by atoms with Crippen LogP contribution in [0.4, 0.5) is 0 Å². The molecule has 0 amide bonds. The van der Waals surface area contributed by atoms with Crippen LogP contribution in [-0.4, -0.2) is 27.7 Å². The zero-order chi connectivity index (χ0) is 20.9. The molecule has 6 rings (SSSR count). The summed E-state index contributed by atoms with van der Waals surface area (Å²) in [6, 6.07) is 18.4. The first-order valence-corrected chi connectivity index (χ1v) is 11.6. The minimum absolute atomic E-state index is 0.0658. The number of piperidine rings is 1. The van der Waals surface area contributed by atoms with Crippen LogP contribution in [0.5, 0.6) is 0 Å². The molecule has 4 aromatic rings. The van der Waals surface area contributed by atoms with E-state index in [1.807, 2.05) is 34.9 Å². The molecule has 3 aromatic heterocycles. The second-order valence-electron chi connectivity index (χ2n) is 8.75. The third kappa shape index (κ3) is 3.35. The number of pyridine rings is 1. The van der Waals surface area contributed by atoms with Gasteiger partial charge in [-0.2, -0.15) is 0 Å². The number of likely N-dealkylation sites (tertiary alicyclic amines) is 1. The van der Waals surface area contributed by atoms with Crippen LogP contribution in [0.3, 0.4) is 0 Å². The third-order valence-electron chi connectivity index (χ3n) is 6.62. The smallest absolute Gasteiger partial charge is 0.259 e. The molecule has 0 aliphatic carbocycles. The maximum atomic E-state index is 13.4. The fourth-order valence-corrected chi connectivity index (χ4v) is 6.37. The summed E-state index contributed by atoms with van der Waals surface area (Å²) in [7, 11) is 0. The molecule has 2 aliphatic heterocycles. The number of aliphatic hydroxyl groups excluding tert-OH is 1. The molecule has 0 radical (unpaired) electrons. The maximum absolute atomic E-state index is 13.4. The van der Waals surface area contributed by atoms with Crippen LogP contribution in [0, 0.1) is 5.92 Å². The van der Waals surface area contributed by atoms with Gasteiger partial charge in [-0.1, -0.05) is 18.2 Å². The zero-order valence-electron chi connectivity index (χ0n) is 17.2. The number of fused-ring (bicyclic) bond motifs is 5. The molecule has 158 valence electrons. The largest absolute Gasteiger partial charge is 0.462 e. The zero-order valence-corrected chi connectivity index (χ0v) is 18.0. The minimum atomic E-state index is -0.0658. The number of hydrogen-bond acceptors (Lipinski definition) is 5. The van der Waals surface area contributed by atoms with Crippen LogP contribution < -0.4 is 5.56 Å². The second-order valence-corrected chi connectivity index (χ2v) is 9.84. The summed E-state index contributed by atoms with van der Waals surface area (Å²) in [5, 5.41) is 10.4. The van der Waals surface area contributed by atoms with E-state index in [-0.39, 0.29) is 12.2 Å². The lowest BCUT2D eigenvalue weighted by Crippen LogP contribution is -2.46. The van der Waals surface area contributed by atoms with Crippen molar-refractivity contribution in [2.45, 2.75) is 32.0 Å². The molecule has 2 bridgehead atoms. The number of furan rings is 1. The standard InChI is InChI=1S/C25H24N2O3S/c28-15-20-6-5-19(30-20)14-26-11-16-9-18(13-26)22-8-7-21(25(29)27(22)12-16)24-10-17-3-1-2-4-23(17)31-24/h1-8,10,16,18,28H,9,11-15H2. The predicted octanol–water partition coefficient (Wildman–Crippen LogP) is 4.43. The Hall–Kier alpha value is -2.67. The van der Waals surface area contributed by atoms with Gasteiger partial charge in [0.2, 0.25) is 0 Å². The summed E-state index contributed by atoms with van der Waals surface area (Å²) < 4.78 is 8.94. The summed E-state index contributed by atoms with van der Waals surface area (Å²) in [5.74, 6) is 2.33. The van der Waals surface area contributed by atoms with Crippen molar-refractivity contribution in [3.8, 4) is 10.4 Å². The molecule has 31 heavy (non-hydrogen) atoms. The Morgan fingerprint density at radius 3 is 2.74 bits per heavy atom. The van der Waals surface area contributed by atoms with Crippen molar-refractivity contribution in [3.63, 3.8) is 0 Å². The number of hydrogen-bond donors (Lipinski definition) is 1. The lowest BCUT2D eigenvalue weighted by molar-refractivity contribution is 0.106. The van der Waals surface area contributed by atoms with E-state index in [9.17, 15) is 9.90 Å². The first-order chi connectivity index (χ1) is 15.2. The number of aliphatic hydroxyl groups is 1. The number of rotatable bonds is 4. The Kier molecular flexibility index (Phi) is 4.60. The SMILES string of the molecule is O=c1c(-c2cc3ccccc3s2)ccc2n1CC1CC2CN(Cc2ccc(CO)o2)C1. The first-order valence-electron chi connectivity index (χ1n) is 10.8. The van der Waals surface area contributed by atoms with Gasteiger partial charge in [0.1, 0.15) is 18.1 Å². The second kappa shape index (κ2) is 7.48. The fourth-order valence-electron chi connectivity index (χ4n) is 5.29. The monoisotopic (exact) mass is 432 g/mol. The van der Waals surface area contributed by atoms with E-state index in [1.54, 1.807) is 11.3 Å². The lowest BCUT2D eigenvalue weighted by Gasteiger charge is -2.42. The average molecular weight is 433 g/mol. The van der Waals surface area contributed by atoms with Crippen LogP contribution in [0.15, 0.2) is 63.8 Å². The maximum Gasteiger partial charge on any atom is 0.259 e. The van der Waals surface area contributed by atoms with Gasteiger partial charge in [0.05, 0.1) is 12.1 Å². The summed E-state index contributed by atoms with van der Waals surface area (Å²) in [5.41, 5.74) is 2.12. The molecule has 2 aliphatic rings. The molecule has 1 N–H and O–H groups in total. The molecule has 0 spiro atoms. The van der Waals surface area contributed by atoms with Gasteiger partial charge in [0.25, 0.3) is 5.56 Å². The number of thiophene rings is 1. The number of benzene rings is 1. The van der Waals surface area contributed by atoms with Crippen LogP contribution in [-0.2, 0) is 19.7 Å². The normalized spacial score (nSPS) is 20.8. The highest BCUT2D eigenvalue weighted by molar-refractivity contribution is 7.22. The van der Waals surface area contributed by atoms with Crippen molar-refractivity contribution >= 4 is 21.4 Å². The van der Waals surface area contributed by atoms with Gasteiger partial charge < -0.3 is 14.1 Å². The van der Waals surface area contributed by atoms with Crippen molar-refractivity contribution in [1.29, 1.82) is 0 Å². The molecule has 1 saturated heterocycles. The fraction of sp³-hybridized carbons (Fsp3) is 0.320. The third-order valence-corrected chi connectivity index (χ3v) is 7.77. The van der Waals surface area contributed by atoms with Crippen LogP contribution in [0.1, 0.15) is 29.6 Å². The topological polar surface area (TPSA) is 58.6 Å². The highest BCUT2D eigenvalue weighted by atomic mass is 32.1. The summed E-state index contributed by atoms with van der Waals surface area (Å²) in [6.45, 7) is 3.35. The van der Waals surface area contributed by atoms with E-state index in [0.29, 0.717) is 17.6 Å². The van der Waals surface area contributed by atoms with Crippen LogP contribution in [0.2, 0.25) is 0 Å². The van der Waals surface area contributed by atoms with E-state index in [4.69, 9.17) is 4.42 Å². The quantitative estimate of drug-likeness (QED) is 0.518. The minimum Gasteiger partial charge on any atom is -0.462 e. The molecule has 1 fully saturated rings. The predicted molar refractivity (Wildman–Crippen MR) is 122 cm³/mol. The van der Waals surface area contributed by atoms with Crippen molar-refractivity contribution in [3.05, 3.63) is 82.2 Å². The van der Waals surface area contributed by atoms with E-state index in [1.165, 1.54) is 10.1 Å². The Morgan fingerprint density at radius 2 is 1.90 bits per heavy atom. The number of aromatic nitrogens is 1. The summed E-state index contributed by atoms with van der Waals surface area (Å²) in [6.07, 6.45) is 1.14. The summed E-state index contributed by atoms with van der Waals surface area (Å²) >= 11 is 1.69. The summed E-state index contributed by atoms with van der Waals surface area (Å²) in [4.78, 5) is 16.9. The van der Waals surface area contributed by atoms with Crippen molar-refractivity contribution in [2.75, 3.05) is 13.1 Å². The molecular formula is C25H24N2O3S. The van der Waals surface area contributed by atoms with Crippen molar-refractivity contribution < 1.29 is 9.52 Å². The molecule has 2 atom stereocenters. The van der Waals surface area contributed by atoms with Gasteiger partial charge in [-0.05, 0) is 54.1 Å². The van der Waals surface area contributed by atoms with Gasteiger partial charge >= 0.3 is 0 Å². The Balaban J connectivity index is 1.29. The Morgan fingerprint density at radius 1 is 1.03 bits per heavy atom. The van der Waals surface area contributed by atoms with E-state index >= 15 is 0 Å². The highest BCUT2D eigenvalue weighted by Gasteiger charge is 2.35. The lowest BCUT2D eigenvalue weighted by atomic mass is 9.83. The van der Waals surface area contributed by atoms with E-state index in [2.05, 4.69) is 29.2 Å². The number of nitrogens with zero attached hydrogens (tertiary/aromatic N) is 2. The molecule has 5 nitrogen and oxygen atoms in total. The first kappa shape index (κ1) is 19.0. The average Bonchev–Trinajstić information content (AvgIpc) is 3.41. The van der Waals surface area contributed by atoms with E-state index < -0.39 is 0 Å². The van der Waals surface area contributed by atoms with E-state index in [0.717, 1.165) is 54.5 Å². The van der Waals surface area contributed by atoms with Crippen molar-refractivity contribution in [1.82, 2.24) is 9.47 Å². The Bertz CT molecular complexity index is 1280. The van der Waals surface area contributed by atoms with Crippen molar-refractivity contribution in [2.24, 2.45) is 5.92 Å². The molecular weight excluding hydrogens is 408 g/mol. The highest BCUT2D eigenvalue weighted by Crippen LogP contribution is 2.37. The van der Waals surface area contributed by atoms with Crippen LogP contribution in [0.25, 0.3) is 20.5 Å². The molecule has 5 heterocycles. The molecule has 6 heteroatoms. The molecule has 0 saturated carbocycles. The van der Waals surface area contributed by atoms with Gasteiger partial charge in [-0.3, -0.25) is 9.69 Å². The molecule has 1 aromatic carbocycles.